The summed E-state index contributed by atoms with van der Waals surface area (Å²) < 4.78 is 0. The molecule has 0 radical (unpaired) electrons. The number of carbonyl (C=O) groups excluding carboxylic acids is 1. The number of thiophene rings is 1. The van der Waals surface area contributed by atoms with E-state index < -0.39 is 0 Å². The molecule has 0 saturated carbocycles. The summed E-state index contributed by atoms with van der Waals surface area (Å²) in [6, 6.07) is 4.03. The first-order valence-corrected chi connectivity index (χ1v) is 6.93. The second kappa shape index (κ2) is 5.29. The maximum atomic E-state index is 11.7. The standard InChI is InChI=1S/C11H13N3OS2/c1-7(9-3-2-4-16-9)13-10(15)5-8-6-17-11(12)14-8/h2-4,6-7H,5H2,1H3,(H2,12,14)(H,13,15). The van der Waals surface area contributed by atoms with Crippen LogP contribution in [-0.2, 0) is 11.2 Å². The molecule has 6 heteroatoms. The lowest BCUT2D eigenvalue weighted by Gasteiger charge is -2.11. The van der Waals surface area contributed by atoms with Crippen LogP contribution in [0.15, 0.2) is 22.9 Å². The monoisotopic (exact) mass is 267 g/mol. The molecule has 0 aliphatic rings. The van der Waals surface area contributed by atoms with Crippen molar-refractivity contribution >= 4 is 33.7 Å². The second-order valence-electron chi connectivity index (χ2n) is 3.66. The lowest BCUT2D eigenvalue weighted by atomic mass is 10.2. The molecule has 90 valence electrons. The van der Waals surface area contributed by atoms with Crippen molar-refractivity contribution in [3.05, 3.63) is 33.5 Å². The molecule has 0 bridgehead atoms. The van der Waals surface area contributed by atoms with Crippen molar-refractivity contribution in [3.63, 3.8) is 0 Å². The van der Waals surface area contributed by atoms with Crippen LogP contribution in [0.3, 0.4) is 0 Å². The number of carbonyl (C=O) groups is 1. The van der Waals surface area contributed by atoms with E-state index in [9.17, 15) is 4.79 Å². The van der Waals surface area contributed by atoms with Gasteiger partial charge in [0.05, 0.1) is 18.2 Å². The number of nitrogens with one attached hydrogen (secondary N) is 1. The van der Waals surface area contributed by atoms with Crippen LogP contribution in [0.5, 0.6) is 0 Å². The number of anilines is 1. The van der Waals surface area contributed by atoms with Gasteiger partial charge in [0, 0.05) is 10.3 Å². The first kappa shape index (κ1) is 12.1. The molecular formula is C11H13N3OS2. The van der Waals surface area contributed by atoms with Crippen LogP contribution in [0.2, 0.25) is 0 Å². The van der Waals surface area contributed by atoms with Crippen molar-refractivity contribution in [1.82, 2.24) is 10.3 Å². The Bertz CT molecular complexity index is 493. The van der Waals surface area contributed by atoms with Crippen LogP contribution >= 0.6 is 22.7 Å². The Morgan fingerprint density at radius 3 is 3.00 bits per heavy atom. The SMILES string of the molecule is CC(NC(=O)Cc1csc(N)n1)c1cccs1. The predicted molar refractivity (Wildman–Crippen MR) is 71.1 cm³/mol. The fourth-order valence-corrected chi connectivity index (χ4v) is 2.77. The number of nitrogens with zero attached hydrogens (tertiary/aromatic N) is 1. The molecule has 2 aromatic rings. The van der Waals surface area contributed by atoms with Gasteiger partial charge in [0.25, 0.3) is 0 Å². The Kier molecular flexibility index (Phi) is 3.75. The highest BCUT2D eigenvalue weighted by atomic mass is 32.1. The molecule has 17 heavy (non-hydrogen) atoms. The average molecular weight is 267 g/mol. The summed E-state index contributed by atoms with van der Waals surface area (Å²) in [4.78, 5) is 17.0. The summed E-state index contributed by atoms with van der Waals surface area (Å²) in [5, 5.41) is 7.24. The number of rotatable bonds is 4. The van der Waals surface area contributed by atoms with Crippen LogP contribution in [-0.4, -0.2) is 10.9 Å². The largest absolute Gasteiger partial charge is 0.375 e. The molecule has 0 saturated heterocycles. The van der Waals surface area contributed by atoms with E-state index in [4.69, 9.17) is 5.73 Å². The average Bonchev–Trinajstić information content (AvgIpc) is 2.89. The van der Waals surface area contributed by atoms with Crippen LogP contribution < -0.4 is 11.1 Å². The van der Waals surface area contributed by atoms with Gasteiger partial charge in [0.15, 0.2) is 5.13 Å². The second-order valence-corrected chi connectivity index (χ2v) is 5.53. The molecule has 2 rings (SSSR count). The predicted octanol–water partition coefficient (Wildman–Crippen LogP) is 2.21. The van der Waals surface area contributed by atoms with Gasteiger partial charge in [-0.3, -0.25) is 4.79 Å². The zero-order valence-electron chi connectivity index (χ0n) is 9.34. The molecule has 0 aliphatic heterocycles. The van der Waals surface area contributed by atoms with Gasteiger partial charge >= 0.3 is 0 Å². The fraction of sp³-hybridized carbons (Fsp3) is 0.273. The van der Waals surface area contributed by atoms with E-state index in [1.165, 1.54) is 11.3 Å². The molecule has 2 heterocycles. The number of amides is 1. The molecule has 1 amide bonds. The number of nitrogens with two attached hydrogens (primary N) is 1. The summed E-state index contributed by atoms with van der Waals surface area (Å²) in [7, 11) is 0. The smallest absolute Gasteiger partial charge is 0.226 e. The summed E-state index contributed by atoms with van der Waals surface area (Å²) in [6.07, 6.45) is 0.281. The molecular weight excluding hydrogens is 254 g/mol. The minimum absolute atomic E-state index is 0.0313. The highest BCUT2D eigenvalue weighted by Gasteiger charge is 2.11. The zero-order valence-corrected chi connectivity index (χ0v) is 11.0. The van der Waals surface area contributed by atoms with Crippen LogP contribution in [0.25, 0.3) is 0 Å². The molecule has 1 atom stereocenters. The van der Waals surface area contributed by atoms with E-state index in [0.29, 0.717) is 5.13 Å². The van der Waals surface area contributed by atoms with Gasteiger partial charge in [0.2, 0.25) is 5.91 Å². The summed E-state index contributed by atoms with van der Waals surface area (Å²) in [5.41, 5.74) is 6.24. The van der Waals surface area contributed by atoms with E-state index in [-0.39, 0.29) is 18.4 Å². The third kappa shape index (κ3) is 3.28. The molecule has 4 nitrogen and oxygen atoms in total. The highest BCUT2D eigenvalue weighted by Crippen LogP contribution is 2.18. The first-order chi connectivity index (χ1) is 8.15. The Balaban J connectivity index is 1.89. The van der Waals surface area contributed by atoms with Gasteiger partial charge in [-0.15, -0.1) is 22.7 Å². The van der Waals surface area contributed by atoms with Crippen molar-refractivity contribution in [3.8, 4) is 0 Å². The number of thiazole rings is 1. The van der Waals surface area contributed by atoms with Crippen molar-refractivity contribution < 1.29 is 4.79 Å². The summed E-state index contributed by atoms with van der Waals surface area (Å²) in [6.45, 7) is 1.97. The van der Waals surface area contributed by atoms with Gasteiger partial charge in [-0.25, -0.2) is 4.98 Å². The van der Waals surface area contributed by atoms with E-state index >= 15 is 0 Å². The van der Waals surface area contributed by atoms with Gasteiger partial charge < -0.3 is 11.1 Å². The molecule has 0 aliphatic carbocycles. The molecule has 1 unspecified atom stereocenters. The van der Waals surface area contributed by atoms with Crippen LogP contribution in [0, 0.1) is 0 Å². The number of hydrogen-bond donors (Lipinski definition) is 2. The lowest BCUT2D eigenvalue weighted by Crippen LogP contribution is -2.27. The molecule has 2 aromatic heterocycles. The maximum absolute atomic E-state index is 11.7. The van der Waals surface area contributed by atoms with E-state index in [0.717, 1.165) is 10.6 Å². The van der Waals surface area contributed by atoms with Gasteiger partial charge in [0.1, 0.15) is 0 Å². The lowest BCUT2D eigenvalue weighted by molar-refractivity contribution is -0.121. The van der Waals surface area contributed by atoms with Gasteiger partial charge in [-0.2, -0.15) is 0 Å². The van der Waals surface area contributed by atoms with Crippen molar-refractivity contribution in [2.24, 2.45) is 0 Å². The normalized spacial score (nSPS) is 12.3. The fourth-order valence-electron chi connectivity index (χ4n) is 1.47. The maximum Gasteiger partial charge on any atom is 0.226 e. The minimum Gasteiger partial charge on any atom is -0.375 e. The minimum atomic E-state index is -0.0313. The Morgan fingerprint density at radius 1 is 1.59 bits per heavy atom. The van der Waals surface area contributed by atoms with E-state index in [1.54, 1.807) is 11.3 Å². The third-order valence-electron chi connectivity index (χ3n) is 2.26. The number of aromatic nitrogens is 1. The Labute approximate surface area is 107 Å². The van der Waals surface area contributed by atoms with Crippen molar-refractivity contribution in [1.29, 1.82) is 0 Å². The van der Waals surface area contributed by atoms with E-state index in [2.05, 4.69) is 10.3 Å². The quantitative estimate of drug-likeness (QED) is 0.892. The van der Waals surface area contributed by atoms with Gasteiger partial charge in [-0.05, 0) is 18.4 Å². The van der Waals surface area contributed by atoms with Gasteiger partial charge in [-0.1, -0.05) is 6.07 Å². The summed E-state index contributed by atoms with van der Waals surface area (Å²) >= 11 is 2.99. The first-order valence-electron chi connectivity index (χ1n) is 5.18. The van der Waals surface area contributed by atoms with Crippen molar-refractivity contribution in [2.45, 2.75) is 19.4 Å². The van der Waals surface area contributed by atoms with Crippen LogP contribution in [0.1, 0.15) is 23.5 Å². The number of nitrogen functional groups attached to an aromatic ring is 1. The number of hydrogen-bond acceptors (Lipinski definition) is 5. The topological polar surface area (TPSA) is 68.0 Å². The zero-order chi connectivity index (χ0) is 12.3. The third-order valence-corrected chi connectivity index (χ3v) is 4.04. The Morgan fingerprint density at radius 2 is 2.41 bits per heavy atom. The van der Waals surface area contributed by atoms with Crippen molar-refractivity contribution in [2.75, 3.05) is 5.73 Å². The molecule has 0 aromatic carbocycles. The summed E-state index contributed by atoms with van der Waals surface area (Å²) in [5.74, 6) is -0.0313. The Hall–Kier alpha value is -1.40. The molecule has 0 spiro atoms. The van der Waals surface area contributed by atoms with E-state index in [1.807, 2.05) is 29.8 Å². The van der Waals surface area contributed by atoms with Crippen LogP contribution in [0.4, 0.5) is 5.13 Å². The molecule has 0 fully saturated rings. The highest BCUT2D eigenvalue weighted by molar-refractivity contribution is 7.13. The molecule has 3 N–H and O–H groups in total.